The van der Waals surface area contributed by atoms with Crippen LogP contribution in [0, 0.1) is 0 Å². The molecule has 0 radical (unpaired) electrons. The minimum atomic E-state index is -4.51. The summed E-state index contributed by atoms with van der Waals surface area (Å²) in [5.41, 5.74) is 3.77. The summed E-state index contributed by atoms with van der Waals surface area (Å²) in [6.45, 7) is 2.51. The van der Waals surface area contributed by atoms with Gasteiger partial charge in [-0.25, -0.2) is 0 Å². The van der Waals surface area contributed by atoms with Crippen molar-refractivity contribution in [2.45, 2.75) is 69.1 Å². The summed E-state index contributed by atoms with van der Waals surface area (Å²) >= 11 is 0. The van der Waals surface area contributed by atoms with E-state index in [1.807, 2.05) is 121 Å². The Morgan fingerprint density at radius 1 is 0.600 bits per heavy atom. The minimum Gasteiger partial charge on any atom is -0.374 e. The monoisotopic (exact) mass is 632 g/mol. The molecule has 45 heavy (non-hydrogen) atoms. The molecule has 0 saturated carbocycles. The molecule has 9 heteroatoms. The van der Waals surface area contributed by atoms with E-state index in [1.54, 1.807) is 0 Å². The second kappa shape index (κ2) is 16.2. The molecule has 6 atom stereocenters. The van der Waals surface area contributed by atoms with Crippen molar-refractivity contribution in [3.05, 3.63) is 144 Å². The van der Waals surface area contributed by atoms with Gasteiger partial charge >= 0.3 is 0 Å². The molecule has 5 rings (SSSR count). The highest BCUT2D eigenvalue weighted by atomic mass is 32.2. The van der Waals surface area contributed by atoms with Crippen LogP contribution in [0.25, 0.3) is 0 Å². The van der Waals surface area contributed by atoms with Gasteiger partial charge in [-0.15, -0.1) is 0 Å². The third-order valence-electron chi connectivity index (χ3n) is 7.85. The highest BCUT2D eigenvalue weighted by Gasteiger charge is 2.52. The van der Waals surface area contributed by atoms with Gasteiger partial charge in [0.1, 0.15) is 35.8 Å². The van der Waals surface area contributed by atoms with Crippen LogP contribution in [0.15, 0.2) is 121 Å². The summed E-state index contributed by atoms with van der Waals surface area (Å²) in [6, 6.07) is 38.8. The Morgan fingerprint density at radius 3 is 1.40 bits per heavy atom. The van der Waals surface area contributed by atoms with E-state index < -0.39 is 45.9 Å². The molecule has 4 aromatic rings. The van der Waals surface area contributed by atoms with E-state index in [9.17, 15) is 13.0 Å². The van der Waals surface area contributed by atoms with E-state index in [2.05, 4.69) is 0 Å². The average molecular weight is 633 g/mol. The fraction of sp³-hybridized carbons (Fsp3) is 0.333. The van der Waals surface area contributed by atoms with Gasteiger partial charge in [-0.1, -0.05) is 121 Å². The van der Waals surface area contributed by atoms with Crippen molar-refractivity contribution in [3.63, 3.8) is 0 Å². The maximum absolute atomic E-state index is 12.6. The van der Waals surface area contributed by atoms with Crippen molar-refractivity contribution in [1.82, 2.24) is 0 Å². The van der Waals surface area contributed by atoms with Gasteiger partial charge in [0.2, 0.25) is 0 Å². The normalized spacial score (nSPS) is 22.6. The topological polar surface area (TPSA) is 101 Å². The molecule has 1 unspecified atom stereocenters. The van der Waals surface area contributed by atoms with Gasteiger partial charge in [0, 0.05) is 0 Å². The molecule has 1 heterocycles. The molecule has 1 fully saturated rings. The average Bonchev–Trinajstić information content (AvgIpc) is 3.07. The van der Waals surface area contributed by atoms with Crippen LogP contribution in [-0.4, -0.2) is 55.3 Å². The minimum absolute atomic E-state index is 0.0969. The summed E-state index contributed by atoms with van der Waals surface area (Å²) in [5.74, 6) is 0. The molecule has 0 spiro atoms. The van der Waals surface area contributed by atoms with Crippen LogP contribution >= 0.6 is 0 Å². The van der Waals surface area contributed by atoms with Crippen LogP contribution in [0.1, 0.15) is 29.2 Å². The first-order valence-electron chi connectivity index (χ1n) is 15.1. The van der Waals surface area contributed by atoms with Crippen molar-refractivity contribution in [2.24, 2.45) is 0 Å². The summed E-state index contributed by atoms with van der Waals surface area (Å²) in [7, 11) is -4.51. The summed E-state index contributed by atoms with van der Waals surface area (Å²) < 4.78 is 67.5. The van der Waals surface area contributed by atoms with Crippen LogP contribution in [0.2, 0.25) is 0 Å². The summed E-state index contributed by atoms with van der Waals surface area (Å²) in [4.78, 5) is 0. The molecule has 0 amide bonds. The van der Waals surface area contributed by atoms with E-state index in [4.69, 9.17) is 23.7 Å². The number of hydrogen-bond acceptors (Lipinski definition) is 7. The van der Waals surface area contributed by atoms with Gasteiger partial charge < -0.3 is 23.7 Å². The van der Waals surface area contributed by atoms with Crippen molar-refractivity contribution in [3.8, 4) is 0 Å². The largest absolute Gasteiger partial charge is 0.374 e. The van der Waals surface area contributed by atoms with Gasteiger partial charge in [0.25, 0.3) is 10.1 Å². The van der Waals surface area contributed by atoms with E-state index in [1.165, 1.54) is 6.92 Å². The highest BCUT2D eigenvalue weighted by molar-refractivity contribution is 7.86. The molecule has 0 aliphatic carbocycles. The highest BCUT2D eigenvalue weighted by Crippen LogP contribution is 2.33. The van der Waals surface area contributed by atoms with Crippen LogP contribution in [0.3, 0.4) is 0 Å². The van der Waals surface area contributed by atoms with Gasteiger partial charge in [-0.3, -0.25) is 4.55 Å². The predicted molar refractivity (Wildman–Crippen MR) is 171 cm³/mol. The molecule has 1 N–H and O–H groups in total. The Bertz CT molecular complexity index is 1520. The Kier molecular flexibility index (Phi) is 11.9. The predicted octanol–water partition coefficient (Wildman–Crippen LogP) is 6.00. The molecule has 0 bridgehead atoms. The molecule has 238 valence electrons. The van der Waals surface area contributed by atoms with Crippen LogP contribution in [0.5, 0.6) is 0 Å². The van der Waals surface area contributed by atoms with Crippen molar-refractivity contribution in [2.75, 3.05) is 6.61 Å². The summed E-state index contributed by atoms with van der Waals surface area (Å²) in [5, 5.41) is -1.31. The molecular weight excluding hydrogens is 592 g/mol. The Labute approximate surface area is 265 Å². The first-order chi connectivity index (χ1) is 21.9. The second-order valence-electron chi connectivity index (χ2n) is 11.1. The zero-order chi connectivity index (χ0) is 31.5. The van der Waals surface area contributed by atoms with Crippen molar-refractivity contribution >= 4 is 10.1 Å². The lowest BCUT2D eigenvalue weighted by Gasteiger charge is -2.47. The SMILES string of the molecule is CC([C@H]1O[C@H](COCc2ccccc2)[C@@H](OCc2ccccc2)[C@H](OCc2ccccc2)[C@@H]1OCc1ccccc1)S(=O)(=O)O. The van der Waals surface area contributed by atoms with Gasteiger partial charge in [-0.05, 0) is 29.2 Å². The molecule has 1 aliphatic heterocycles. The lowest BCUT2D eigenvalue weighted by atomic mass is 9.92. The third kappa shape index (κ3) is 9.54. The van der Waals surface area contributed by atoms with Gasteiger partial charge in [-0.2, -0.15) is 8.42 Å². The quantitative estimate of drug-likeness (QED) is 0.159. The molecule has 8 nitrogen and oxygen atoms in total. The molecule has 0 aromatic heterocycles. The van der Waals surface area contributed by atoms with Gasteiger partial charge in [0.05, 0.1) is 33.0 Å². The first-order valence-corrected chi connectivity index (χ1v) is 16.6. The van der Waals surface area contributed by atoms with Crippen LogP contribution < -0.4 is 0 Å². The molecular formula is C36H40O8S. The van der Waals surface area contributed by atoms with Crippen LogP contribution in [0.4, 0.5) is 0 Å². The van der Waals surface area contributed by atoms with E-state index in [-0.39, 0.29) is 26.4 Å². The fourth-order valence-electron chi connectivity index (χ4n) is 5.37. The zero-order valence-electron chi connectivity index (χ0n) is 25.3. The van der Waals surface area contributed by atoms with Crippen LogP contribution in [-0.2, 0) is 60.2 Å². The maximum atomic E-state index is 12.6. The maximum Gasteiger partial charge on any atom is 0.270 e. The summed E-state index contributed by atoms with van der Waals surface area (Å²) in [6.07, 6.45) is -4.19. The first kappa shape index (κ1) is 33.0. The van der Waals surface area contributed by atoms with Crippen molar-refractivity contribution in [1.29, 1.82) is 0 Å². The lowest BCUT2D eigenvalue weighted by Crippen LogP contribution is -2.64. The van der Waals surface area contributed by atoms with E-state index in [0.717, 1.165) is 22.3 Å². The number of ether oxygens (including phenoxy) is 5. The Morgan fingerprint density at radius 2 is 0.978 bits per heavy atom. The smallest absolute Gasteiger partial charge is 0.270 e. The Balaban J connectivity index is 1.48. The Hall–Kier alpha value is -3.41. The molecule has 1 aliphatic rings. The number of rotatable bonds is 15. The van der Waals surface area contributed by atoms with Crippen molar-refractivity contribution < 1.29 is 36.7 Å². The fourth-order valence-corrected chi connectivity index (χ4v) is 5.93. The molecule has 4 aromatic carbocycles. The molecule has 1 saturated heterocycles. The second-order valence-corrected chi connectivity index (χ2v) is 12.9. The van der Waals surface area contributed by atoms with E-state index >= 15 is 0 Å². The zero-order valence-corrected chi connectivity index (χ0v) is 26.1. The number of hydrogen-bond donors (Lipinski definition) is 1. The number of benzene rings is 4. The standard InChI is InChI=1S/C36H40O8S/c1-27(45(37,38)39)33-35(42-24-30-18-10-4-11-19-30)36(43-25-31-20-12-5-13-21-31)34(41-23-29-16-8-3-9-17-29)32(44-33)26-40-22-28-14-6-2-7-15-28/h2-21,27,32-36H,22-26H2,1H3,(H,37,38,39)/t27?,32-,33-,34-,35-,36+/m1/s1. The third-order valence-corrected chi connectivity index (χ3v) is 9.06. The van der Waals surface area contributed by atoms with Gasteiger partial charge in [0.15, 0.2) is 0 Å². The lowest BCUT2D eigenvalue weighted by molar-refractivity contribution is -0.272. The van der Waals surface area contributed by atoms with E-state index in [0.29, 0.717) is 6.61 Å².